The highest BCUT2D eigenvalue weighted by Gasteiger charge is 2.11. The van der Waals surface area contributed by atoms with Gasteiger partial charge in [0.15, 0.2) is 29.1 Å². The number of aliphatic hydroxyl groups excluding tert-OH is 1. The van der Waals surface area contributed by atoms with Crippen LogP contribution in [-0.2, 0) is 6.54 Å². The Labute approximate surface area is 169 Å². The molecule has 0 bridgehead atoms. The molecule has 2 aromatic carbocycles. The van der Waals surface area contributed by atoms with Crippen molar-refractivity contribution in [3.8, 4) is 11.5 Å². The molecule has 2 aromatic rings. The highest BCUT2D eigenvalue weighted by molar-refractivity contribution is 5.80. The van der Waals surface area contributed by atoms with Gasteiger partial charge in [0, 0.05) is 6.54 Å². The Bertz CT molecular complexity index is 831. The summed E-state index contributed by atoms with van der Waals surface area (Å²) in [5.41, 5.74) is 1.51. The van der Waals surface area contributed by atoms with Crippen molar-refractivity contribution in [3.63, 3.8) is 0 Å². The van der Waals surface area contributed by atoms with Crippen LogP contribution in [0, 0.1) is 11.6 Å². The molecule has 0 aromatic heterocycles. The second kappa shape index (κ2) is 11.2. The van der Waals surface area contributed by atoms with Gasteiger partial charge in [-0.15, -0.1) is 0 Å². The second-order valence-corrected chi connectivity index (χ2v) is 6.29. The molecule has 3 N–H and O–H groups in total. The van der Waals surface area contributed by atoms with E-state index < -0.39 is 11.6 Å². The van der Waals surface area contributed by atoms with Gasteiger partial charge in [-0.3, -0.25) is 0 Å². The first-order valence-electron chi connectivity index (χ1n) is 9.38. The lowest BCUT2D eigenvalue weighted by molar-refractivity contribution is 0.196. The maximum Gasteiger partial charge on any atom is 0.192 e. The van der Waals surface area contributed by atoms with Crippen LogP contribution in [0.2, 0.25) is 0 Å². The summed E-state index contributed by atoms with van der Waals surface area (Å²) >= 11 is 0. The van der Waals surface area contributed by atoms with E-state index in [-0.39, 0.29) is 19.3 Å². The molecule has 1 unspecified atom stereocenters. The normalized spacial score (nSPS) is 12.4. The number of nitrogens with one attached hydrogen (secondary N) is 2. The Morgan fingerprint density at radius 3 is 2.59 bits per heavy atom. The zero-order valence-electron chi connectivity index (χ0n) is 16.8. The average molecular weight is 407 g/mol. The van der Waals surface area contributed by atoms with Crippen LogP contribution in [0.1, 0.15) is 31.0 Å². The van der Waals surface area contributed by atoms with Gasteiger partial charge in [-0.25, -0.2) is 13.8 Å². The summed E-state index contributed by atoms with van der Waals surface area (Å²) in [6.07, 6.45) is 0. The summed E-state index contributed by atoms with van der Waals surface area (Å²) in [7, 11) is 1.54. The van der Waals surface area contributed by atoms with Crippen LogP contribution in [0.4, 0.5) is 8.78 Å². The molecule has 0 spiro atoms. The number of guanidine groups is 1. The Morgan fingerprint density at radius 1 is 1.14 bits per heavy atom. The Morgan fingerprint density at radius 2 is 1.93 bits per heavy atom. The summed E-state index contributed by atoms with van der Waals surface area (Å²) < 4.78 is 37.4. The number of ether oxygens (including phenoxy) is 2. The van der Waals surface area contributed by atoms with Crippen molar-refractivity contribution in [2.75, 3.05) is 26.9 Å². The number of hydrogen-bond donors (Lipinski definition) is 3. The fraction of sp³-hybridized carbons (Fsp3) is 0.381. The van der Waals surface area contributed by atoms with E-state index in [1.165, 1.54) is 12.1 Å². The van der Waals surface area contributed by atoms with Gasteiger partial charge < -0.3 is 25.2 Å². The minimum atomic E-state index is -0.881. The molecule has 2 rings (SSSR count). The van der Waals surface area contributed by atoms with E-state index in [0.29, 0.717) is 36.1 Å². The van der Waals surface area contributed by atoms with Crippen molar-refractivity contribution in [2.24, 2.45) is 4.99 Å². The molecular weight excluding hydrogens is 380 g/mol. The van der Waals surface area contributed by atoms with Crippen LogP contribution >= 0.6 is 0 Å². The predicted molar refractivity (Wildman–Crippen MR) is 108 cm³/mol. The van der Waals surface area contributed by atoms with Crippen molar-refractivity contribution in [3.05, 3.63) is 59.2 Å². The van der Waals surface area contributed by atoms with Crippen molar-refractivity contribution in [1.29, 1.82) is 0 Å². The highest BCUT2D eigenvalue weighted by Crippen LogP contribution is 2.28. The lowest BCUT2D eigenvalue weighted by atomic mass is 10.1. The highest BCUT2D eigenvalue weighted by atomic mass is 19.2. The van der Waals surface area contributed by atoms with Crippen molar-refractivity contribution >= 4 is 5.96 Å². The number of rotatable bonds is 9. The Balaban J connectivity index is 2.10. The first kappa shape index (κ1) is 22.4. The third kappa shape index (κ3) is 6.60. The molecule has 0 aliphatic heterocycles. The summed E-state index contributed by atoms with van der Waals surface area (Å²) in [4.78, 5) is 4.55. The maximum absolute atomic E-state index is 13.5. The van der Waals surface area contributed by atoms with Crippen LogP contribution in [0.5, 0.6) is 11.5 Å². The van der Waals surface area contributed by atoms with E-state index in [0.717, 1.165) is 11.6 Å². The van der Waals surface area contributed by atoms with Crippen molar-refractivity contribution in [1.82, 2.24) is 10.6 Å². The molecule has 0 heterocycles. The standard InChI is InChI=1S/C21H27F2N3O3/c1-4-24-21(26-14(2)16-6-7-17(22)18(23)12-16)25-13-15-5-8-19(29-10-9-27)20(11-15)28-3/h5-8,11-12,14,27H,4,9-10,13H2,1-3H3,(H2,24,25,26). The molecule has 0 saturated heterocycles. The van der Waals surface area contributed by atoms with Gasteiger partial charge in [0.2, 0.25) is 0 Å². The van der Waals surface area contributed by atoms with E-state index in [9.17, 15) is 8.78 Å². The van der Waals surface area contributed by atoms with Crippen LogP contribution in [0.3, 0.4) is 0 Å². The third-order valence-electron chi connectivity index (χ3n) is 4.14. The summed E-state index contributed by atoms with van der Waals surface area (Å²) in [6, 6.07) is 9.00. The third-order valence-corrected chi connectivity index (χ3v) is 4.14. The van der Waals surface area contributed by atoms with Crippen LogP contribution in [0.25, 0.3) is 0 Å². The van der Waals surface area contributed by atoms with Gasteiger partial charge >= 0.3 is 0 Å². The maximum atomic E-state index is 13.5. The average Bonchev–Trinajstić information content (AvgIpc) is 2.72. The minimum absolute atomic E-state index is 0.0803. The zero-order chi connectivity index (χ0) is 21.2. The predicted octanol–water partition coefficient (Wildman–Crippen LogP) is 3.16. The lowest BCUT2D eigenvalue weighted by Crippen LogP contribution is -2.38. The molecule has 0 amide bonds. The molecule has 158 valence electrons. The molecular formula is C21H27F2N3O3. The molecule has 0 aliphatic rings. The van der Waals surface area contributed by atoms with E-state index in [2.05, 4.69) is 15.6 Å². The number of benzene rings is 2. The van der Waals surface area contributed by atoms with Gasteiger partial charge in [-0.1, -0.05) is 12.1 Å². The topological polar surface area (TPSA) is 75.1 Å². The van der Waals surface area contributed by atoms with Crippen molar-refractivity contribution < 1.29 is 23.4 Å². The molecule has 8 heteroatoms. The number of halogens is 2. The van der Waals surface area contributed by atoms with Gasteiger partial charge in [-0.05, 0) is 49.2 Å². The van der Waals surface area contributed by atoms with Crippen LogP contribution < -0.4 is 20.1 Å². The van der Waals surface area contributed by atoms with E-state index in [4.69, 9.17) is 14.6 Å². The van der Waals surface area contributed by atoms with Crippen LogP contribution in [0.15, 0.2) is 41.4 Å². The molecule has 0 radical (unpaired) electrons. The van der Waals surface area contributed by atoms with Gasteiger partial charge in [0.25, 0.3) is 0 Å². The molecule has 6 nitrogen and oxygen atoms in total. The van der Waals surface area contributed by atoms with Gasteiger partial charge in [-0.2, -0.15) is 0 Å². The summed E-state index contributed by atoms with van der Waals surface area (Å²) in [5, 5.41) is 15.2. The lowest BCUT2D eigenvalue weighted by Gasteiger charge is -2.18. The zero-order valence-corrected chi connectivity index (χ0v) is 16.8. The van der Waals surface area contributed by atoms with Crippen LogP contribution in [-0.4, -0.2) is 37.9 Å². The number of methoxy groups -OCH3 is 1. The largest absolute Gasteiger partial charge is 0.493 e. The quantitative estimate of drug-likeness (QED) is 0.440. The van der Waals surface area contributed by atoms with E-state index in [1.54, 1.807) is 13.2 Å². The Kier molecular flexibility index (Phi) is 8.67. The number of hydrogen-bond acceptors (Lipinski definition) is 4. The van der Waals surface area contributed by atoms with E-state index in [1.807, 2.05) is 26.0 Å². The fourth-order valence-electron chi connectivity index (χ4n) is 2.65. The number of aliphatic hydroxyl groups is 1. The van der Waals surface area contributed by atoms with Crippen molar-refractivity contribution in [2.45, 2.75) is 26.4 Å². The minimum Gasteiger partial charge on any atom is -0.493 e. The number of aliphatic imine (C=N–C) groups is 1. The fourth-order valence-corrected chi connectivity index (χ4v) is 2.65. The summed E-state index contributed by atoms with van der Waals surface area (Å²) in [5.74, 6) is -0.106. The van der Waals surface area contributed by atoms with Gasteiger partial charge in [0.05, 0.1) is 26.3 Å². The SMILES string of the molecule is CCNC(=NCc1ccc(OCCO)c(OC)c1)NC(C)c1ccc(F)c(F)c1. The first-order chi connectivity index (χ1) is 14.0. The number of nitrogens with zero attached hydrogens (tertiary/aromatic N) is 1. The second-order valence-electron chi connectivity index (χ2n) is 6.29. The van der Waals surface area contributed by atoms with Gasteiger partial charge in [0.1, 0.15) is 6.61 Å². The molecule has 0 saturated carbocycles. The summed E-state index contributed by atoms with van der Waals surface area (Å²) in [6.45, 7) is 4.91. The van der Waals surface area contributed by atoms with E-state index >= 15 is 0 Å². The molecule has 0 aliphatic carbocycles. The molecule has 0 fully saturated rings. The monoisotopic (exact) mass is 407 g/mol. The molecule has 1 atom stereocenters. The first-order valence-corrected chi connectivity index (χ1v) is 9.38. The molecule has 29 heavy (non-hydrogen) atoms. The Hall–Kier alpha value is -2.87. The smallest absolute Gasteiger partial charge is 0.192 e.